The highest BCUT2D eigenvalue weighted by atomic mass is 16.1. The lowest BCUT2D eigenvalue weighted by molar-refractivity contribution is 0.102. The van der Waals surface area contributed by atoms with Crippen molar-refractivity contribution in [3.63, 3.8) is 0 Å². The molecule has 0 radical (unpaired) electrons. The first-order chi connectivity index (χ1) is 11.1. The Balaban J connectivity index is 1.90. The standard InChI is InChI=1S/C18H18N4O/c1-12-8-9-19-17(10-12)21-18(23)15-11-20-22(14(15)3)16-7-5-4-6-13(16)2/h4-11H,1-3H3,(H,19,21,23). The minimum atomic E-state index is -0.208. The number of rotatable bonds is 3. The van der Waals surface area contributed by atoms with Crippen LogP contribution in [-0.2, 0) is 0 Å². The Morgan fingerprint density at radius 2 is 1.91 bits per heavy atom. The van der Waals surface area contributed by atoms with E-state index in [1.54, 1.807) is 17.1 Å². The van der Waals surface area contributed by atoms with Crippen molar-refractivity contribution in [1.82, 2.24) is 14.8 Å². The van der Waals surface area contributed by atoms with Crippen LogP contribution < -0.4 is 5.32 Å². The van der Waals surface area contributed by atoms with Gasteiger partial charge in [0.25, 0.3) is 5.91 Å². The quantitative estimate of drug-likeness (QED) is 0.806. The Kier molecular flexibility index (Phi) is 3.93. The third-order valence-corrected chi connectivity index (χ3v) is 3.76. The van der Waals surface area contributed by atoms with E-state index in [1.807, 2.05) is 57.2 Å². The fourth-order valence-corrected chi connectivity index (χ4v) is 2.46. The Hall–Kier alpha value is -2.95. The van der Waals surface area contributed by atoms with Crippen LogP contribution in [0.5, 0.6) is 0 Å². The number of nitrogens with zero attached hydrogens (tertiary/aromatic N) is 3. The van der Waals surface area contributed by atoms with E-state index in [-0.39, 0.29) is 5.91 Å². The summed E-state index contributed by atoms with van der Waals surface area (Å²) >= 11 is 0. The summed E-state index contributed by atoms with van der Waals surface area (Å²) in [5.74, 6) is 0.332. The van der Waals surface area contributed by atoms with Gasteiger partial charge >= 0.3 is 0 Å². The highest BCUT2D eigenvalue weighted by Gasteiger charge is 2.16. The van der Waals surface area contributed by atoms with Gasteiger partial charge in [0.2, 0.25) is 0 Å². The molecule has 3 rings (SSSR count). The average Bonchev–Trinajstić information content (AvgIpc) is 2.89. The second-order valence-corrected chi connectivity index (χ2v) is 5.51. The zero-order valence-corrected chi connectivity index (χ0v) is 13.4. The normalized spacial score (nSPS) is 10.6. The highest BCUT2D eigenvalue weighted by Crippen LogP contribution is 2.18. The van der Waals surface area contributed by atoms with E-state index in [0.717, 1.165) is 22.5 Å². The van der Waals surface area contributed by atoms with Gasteiger partial charge in [-0.2, -0.15) is 5.10 Å². The van der Waals surface area contributed by atoms with Gasteiger partial charge in [-0.25, -0.2) is 9.67 Å². The van der Waals surface area contributed by atoms with Crippen LogP contribution in [0.2, 0.25) is 0 Å². The van der Waals surface area contributed by atoms with Crippen molar-refractivity contribution in [3.05, 3.63) is 71.2 Å². The van der Waals surface area contributed by atoms with Crippen LogP contribution in [-0.4, -0.2) is 20.7 Å². The fraction of sp³-hybridized carbons (Fsp3) is 0.167. The minimum absolute atomic E-state index is 0.208. The third kappa shape index (κ3) is 2.99. The van der Waals surface area contributed by atoms with Gasteiger partial charge in [0.1, 0.15) is 5.82 Å². The van der Waals surface area contributed by atoms with Crippen LogP contribution in [0, 0.1) is 20.8 Å². The first kappa shape index (κ1) is 15.0. The van der Waals surface area contributed by atoms with Crippen LogP contribution in [0.1, 0.15) is 27.2 Å². The number of benzene rings is 1. The number of carbonyl (C=O) groups excluding carboxylic acids is 1. The third-order valence-electron chi connectivity index (χ3n) is 3.76. The van der Waals surface area contributed by atoms with E-state index < -0.39 is 0 Å². The van der Waals surface area contributed by atoms with Crippen molar-refractivity contribution in [1.29, 1.82) is 0 Å². The molecule has 2 aromatic heterocycles. The lowest BCUT2D eigenvalue weighted by atomic mass is 10.2. The Morgan fingerprint density at radius 3 is 2.65 bits per heavy atom. The maximum absolute atomic E-state index is 12.5. The summed E-state index contributed by atoms with van der Waals surface area (Å²) in [5.41, 5.74) is 4.45. The van der Waals surface area contributed by atoms with Crippen molar-refractivity contribution in [2.75, 3.05) is 5.32 Å². The molecular weight excluding hydrogens is 288 g/mol. The van der Waals surface area contributed by atoms with Gasteiger partial charge in [0.15, 0.2) is 0 Å². The molecule has 0 spiro atoms. The van der Waals surface area contributed by atoms with Crippen LogP contribution in [0.25, 0.3) is 5.69 Å². The number of aryl methyl sites for hydroxylation is 2. The van der Waals surface area contributed by atoms with Gasteiger partial charge < -0.3 is 5.32 Å². The van der Waals surface area contributed by atoms with Crippen molar-refractivity contribution in [2.24, 2.45) is 0 Å². The zero-order chi connectivity index (χ0) is 16.4. The topological polar surface area (TPSA) is 59.8 Å². The van der Waals surface area contributed by atoms with Gasteiger partial charge in [0.05, 0.1) is 23.1 Å². The zero-order valence-electron chi connectivity index (χ0n) is 13.4. The van der Waals surface area contributed by atoms with E-state index in [9.17, 15) is 4.79 Å². The average molecular weight is 306 g/mol. The summed E-state index contributed by atoms with van der Waals surface area (Å²) in [6.07, 6.45) is 3.27. The summed E-state index contributed by atoms with van der Waals surface area (Å²) in [5, 5.41) is 7.18. The second-order valence-electron chi connectivity index (χ2n) is 5.51. The number of hydrogen-bond acceptors (Lipinski definition) is 3. The van der Waals surface area contributed by atoms with E-state index in [4.69, 9.17) is 0 Å². The van der Waals surface area contributed by atoms with E-state index in [1.165, 1.54) is 0 Å². The first-order valence-corrected chi connectivity index (χ1v) is 7.41. The van der Waals surface area contributed by atoms with Crippen LogP contribution >= 0.6 is 0 Å². The number of carbonyl (C=O) groups is 1. The molecule has 0 saturated heterocycles. The summed E-state index contributed by atoms with van der Waals surface area (Å²) in [4.78, 5) is 16.6. The maximum atomic E-state index is 12.5. The van der Waals surface area contributed by atoms with Crippen molar-refractivity contribution >= 4 is 11.7 Å². The molecule has 0 unspecified atom stereocenters. The first-order valence-electron chi connectivity index (χ1n) is 7.41. The van der Waals surface area contributed by atoms with Gasteiger partial charge in [0, 0.05) is 6.20 Å². The smallest absolute Gasteiger partial charge is 0.260 e. The molecule has 5 nitrogen and oxygen atoms in total. The van der Waals surface area contributed by atoms with Crippen LogP contribution in [0.4, 0.5) is 5.82 Å². The van der Waals surface area contributed by atoms with Crippen LogP contribution in [0.3, 0.4) is 0 Å². The lowest BCUT2D eigenvalue weighted by Crippen LogP contribution is -2.14. The fourth-order valence-electron chi connectivity index (χ4n) is 2.46. The molecule has 1 N–H and O–H groups in total. The van der Waals surface area contributed by atoms with Gasteiger partial charge in [-0.05, 0) is 50.1 Å². The molecule has 0 aliphatic rings. The van der Waals surface area contributed by atoms with Crippen molar-refractivity contribution in [3.8, 4) is 5.69 Å². The molecule has 0 atom stereocenters. The van der Waals surface area contributed by atoms with E-state index in [2.05, 4.69) is 15.4 Å². The molecule has 2 heterocycles. The number of hydrogen-bond donors (Lipinski definition) is 1. The summed E-state index contributed by atoms with van der Waals surface area (Å²) in [6.45, 7) is 5.86. The Morgan fingerprint density at radius 1 is 1.13 bits per heavy atom. The molecule has 0 saturated carbocycles. The number of para-hydroxylation sites is 1. The molecular formula is C18H18N4O. The lowest BCUT2D eigenvalue weighted by Gasteiger charge is -2.08. The monoisotopic (exact) mass is 306 g/mol. The predicted octanol–water partition coefficient (Wildman–Crippen LogP) is 3.44. The van der Waals surface area contributed by atoms with Crippen molar-refractivity contribution in [2.45, 2.75) is 20.8 Å². The van der Waals surface area contributed by atoms with Crippen LogP contribution in [0.15, 0.2) is 48.8 Å². The predicted molar refractivity (Wildman–Crippen MR) is 90.0 cm³/mol. The molecule has 1 aromatic carbocycles. The summed E-state index contributed by atoms with van der Waals surface area (Å²) < 4.78 is 1.79. The SMILES string of the molecule is Cc1ccnc(NC(=O)c2cnn(-c3ccccc3C)c2C)c1. The second kappa shape index (κ2) is 6.04. The summed E-state index contributed by atoms with van der Waals surface area (Å²) in [7, 11) is 0. The Bertz CT molecular complexity index is 867. The van der Waals surface area contributed by atoms with E-state index in [0.29, 0.717) is 11.4 Å². The number of nitrogens with one attached hydrogen (secondary N) is 1. The molecule has 1 amide bonds. The minimum Gasteiger partial charge on any atom is -0.306 e. The molecule has 23 heavy (non-hydrogen) atoms. The molecule has 0 aliphatic heterocycles. The molecule has 3 aromatic rings. The van der Waals surface area contributed by atoms with Gasteiger partial charge in [-0.1, -0.05) is 18.2 Å². The highest BCUT2D eigenvalue weighted by molar-refractivity contribution is 6.04. The molecule has 0 aliphatic carbocycles. The molecule has 116 valence electrons. The molecule has 5 heteroatoms. The van der Waals surface area contributed by atoms with Gasteiger partial charge in [-0.3, -0.25) is 4.79 Å². The van der Waals surface area contributed by atoms with E-state index >= 15 is 0 Å². The number of amides is 1. The summed E-state index contributed by atoms with van der Waals surface area (Å²) in [6, 6.07) is 11.7. The maximum Gasteiger partial charge on any atom is 0.260 e. The van der Waals surface area contributed by atoms with Crippen molar-refractivity contribution < 1.29 is 4.79 Å². The number of aromatic nitrogens is 3. The Labute approximate surface area is 135 Å². The number of anilines is 1. The molecule has 0 fully saturated rings. The molecule has 0 bridgehead atoms. The number of pyridine rings is 1. The largest absolute Gasteiger partial charge is 0.306 e. The van der Waals surface area contributed by atoms with Gasteiger partial charge in [-0.15, -0.1) is 0 Å².